The fourth-order valence-corrected chi connectivity index (χ4v) is 3.27. The maximum absolute atomic E-state index is 12.3. The van der Waals surface area contributed by atoms with Gasteiger partial charge in [0.1, 0.15) is 22.5 Å². The van der Waals surface area contributed by atoms with Gasteiger partial charge in [-0.15, -0.1) is 10.2 Å². The summed E-state index contributed by atoms with van der Waals surface area (Å²) < 4.78 is 10.8. The van der Waals surface area contributed by atoms with E-state index >= 15 is 0 Å². The molecule has 0 saturated heterocycles. The highest BCUT2D eigenvalue weighted by molar-refractivity contribution is 6.32. The van der Waals surface area contributed by atoms with Crippen molar-refractivity contribution < 1.29 is 14.3 Å². The molecule has 4 rings (SSSR count). The minimum atomic E-state index is -0.271. The zero-order chi connectivity index (χ0) is 22.0. The Balaban J connectivity index is 1.44. The number of carbonyl (C=O) groups excluding carboxylic acids is 1. The van der Waals surface area contributed by atoms with Crippen molar-refractivity contribution >= 4 is 34.2 Å². The van der Waals surface area contributed by atoms with E-state index in [-0.39, 0.29) is 12.5 Å². The summed E-state index contributed by atoms with van der Waals surface area (Å²) in [6.07, 6.45) is 0. The number of nitrogens with zero attached hydrogens (tertiary/aromatic N) is 3. The molecule has 3 aromatic carbocycles. The Morgan fingerprint density at radius 1 is 0.968 bits per heavy atom. The molecule has 0 radical (unpaired) electrons. The molecule has 31 heavy (non-hydrogen) atoms. The lowest BCUT2D eigenvalue weighted by atomic mass is 10.1. The van der Waals surface area contributed by atoms with Crippen LogP contribution in [-0.4, -0.2) is 34.6 Å². The largest absolute Gasteiger partial charge is 0.497 e. The number of rotatable bonds is 6. The number of ether oxygens (including phenoxy) is 2. The molecule has 0 aliphatic carbocycles. The van der Waals surface area contributed by atoms with Gasteiger partial charge in [0.25, 0.3) is 5.91 Å². The maximum atomic E-state index is 12.3. The van der Waals surface area contributed by atoms with Crippen LogP contribution in [0.15, 0.2) is 54.6 Å². The highest BCUT2D eigenvalue weighted by Gasteiger charge is 2.10. The number of anilines is 1. The van der Waals surface area contributed by atoms with Crippen LogP contribution in [0.4, 0.5) is 5.69 Å². The van der Waals surface area contributed by atoms with Crippen molar-refractivity contribution in [2.24, 2.45) is 0 Å². The fraction of sp³-hybridized carbons (Fsp3) is 0.174. The van der Waals surface area contributed by atoms with Gasteiger partial charge in [-0.25, -0.2) is 0 Å². The zero-order valence-corrected chi connectivity index (χ0v) is 18.1. The minimum Gasteiger partial charge on any atom is -0.497 e. The average Bonchev–Trinajstić information content (AvgIpc) is 3.19. The topological polar surface area (TPSA) is 78.3 Å². The quantitative estimate of drug-likeness (QED) is 0.473. The van der Waals surface area contributed by atoms with Crippen molar-refractivity contribution in [3.8, 4) is 17.2 Å². The number of nitrogens with one attached hydrogen (secondary N) is 1. The first-order valence-corrected chi connectivity index (χ1v) is 10.0. The number of aryl methyl sites for hydroxylation is 2. The first-order valence-electron chi connectivity index (χ1n) is 9.64. The van der Waals surface area contributed by atoms with Gasteiger partial charge in [0.2, 0.25) is 0 Å². The third-order valence-electron chi connectivity index (χ3n) is 4.75. The summed E-state index contributed by atoms with van der Waals surface area (Å²) in [6, 6.07) is 16.4. The van der Waals surface area contributed by atoms with Crippen LogP contribution in [-0.2, 0) is 4.79 Å². The van der Waals surface area contributed by atoms with Crippen LogP contribution in [0.1, 0.15) is 11.1 Å². The molecular formula is C23H21ClN4O3. The van der Waals surface area contributed by atoms with E-state index in [0.717, 1.165) is 28.1 Å². The molecule has 0 bridgehead atoms. The summed E-state index contributed by atoms with van der Waals surface area (Å²) in [5, 5.41) is 12.5. The predicted octanol–water partition coefficient (Wildman–Crippen LogP) is 4.72. The Hall–Kier alpha value is -3.58. The van der Waals surface area contributed by atoms with Gasteiger partial charge in [-0.2, -0.15) is 4.80 Å². The van der Waals surface area contributed by atoms with Gasteiger partial charge in [-0.05, 0) is 79.6 Å². The van der Waals surface area contributed by atoms with Gasteiger partial charge < -0.3 is 14.8 Å². The maximum Gasteiger partial charge on any atom is 0.262 e. The molecule has 0 spiro atoms. The van der Waals surface area contributed by atoms with Crippen LogP contribution >= 0.6 is 11.6 Å². The summed E-state index contributed by atoms with van der Waals surface area (Å²) in [6.45, 7) is 3.68. The number of hydrogen-bond acceptors (Lipinski definition) is 5. The van der Waals surface area contributed by atoms with Crippen LogP contribution in [0.2, 0.25) is 5.02 Å². The van der Waals surface area contributed by atoms with Crippen molar-refractivity contribution in [2.75, 3.05) is 19.0 Å². The third-order valence-corrected chi connectivity index (χ3v) is 5.34. The number of aromatic nitrogens is 3. The van der Waals surface area contributed by atoms with Crippen LogP contribution in [0, 0.1) is 13.8 Å². The normalized spacial score (nSPS) is 10.8. The predicted molar refractivity (Wildman–Crippen MR) is 120 cm³/mol. The van der Waals surface area contributed by atoms with Crippen molar-refractivity contribution in [1.29, 1.82) is 0 Å². The number of benzene rings is 3. The van der Waals surface area contributed by atoms with Gasteiger partial charge in [0.15, 0.2) is 6.61 Å². The molecule has 8 heteroatoms. The van der Waals surface area contributed by atoms with Gasteiger partial charge in [-0.3, -0.25) is 4.79 Å². The van der Waals surface area contributed by atoms with Crippen molar-refractivity contribution in [1.82, 2.24) is 15.0 Å². The number of halogens is 1. The van der Waals surface area contributed by atoms with E-state index in [2.05, 4.69) is 15.5 Å². The second-order valence-electron chi connectivity index (χ2n) is 7.10. The summed E-state index contributed by atoms with van der Waals surface area (Å²) in [5.41, 5.74) is 4.62. The molecule has 1 aromatic heterocycles. The molecule has 158 valence electrons. The molecule has 1 N–H and O–H groups in total. The Morgan fingerprint density at radius 2 is 1.65 bits per heavy atom. The number of hydrogen-bond donors (Lipinski definition) is 1. The van der Waals surface area contributed by atoms with E-state index in [1.165, 1.54) is 0 Å². The fourth-order valence-electron chi connectivity index (χ4n) is 3.16. The van der Waals surface area contributed by atoms with E-state index in [9.17, 15) is 4.79 Å². The first kappa shape index (κ1) is 20.7. The zero-order valence-electron chi connectivity index (χ0n) is 17.3. The van der Waals surface area contributed by atoms with Gasteiger partial charge >= 0.3 is 0 Å². The lowest BCUT2D eigenvalue weighted by molar-refractivity contribution is -0.118. The molecule has 0 aliphatic heterocycles. The molecule has 0 atom stereocenters. The summed E-state index contributed by atoms with van der Waals surface area (Å²) in [5.74, 6) is 1.09. The Bertz CT molecular complexity index is 1230. The summed E-state index contributed by atoms with van der Waals surface area (Å²) in [7, 11) is 1.62. The number of methoxy groups -OCH3 is 1. The van der Waals surface area contributed by atoms with Crippen LogP contribution in [0.3, 0.4) is 0 Å². The van der Waals surface area contributed by atoms with Crippen LogP contribution < -0.4 is 14.8 Å². The Kier molecular flexibility index (Phi) is 5.77. The minimum absolute atomic E-state index is 0.114. The smallest absolute Gasteiger partial charge is 0.262 e. The summed E-state index contributed by atoms with van der Waals surface area (Å²) in [4.78, 5) is 13.9. The monoisotopic (exact) mass is 436 g/mol. The summed E-state index contributed by atoms with van der Waals surface area (Å²) >= 11 is 6.17. The molecule has 7 nitrogen and oxygen atoms in total. The SMILES string of the molecule is COc1ccc(-n2nc3ccc(NC(=O)COc4cc(C)c(Cl)c(C)c4)cc3n2)cc1. The Morgan fingerprint density at radius 3 is 2.32 bits per heavy atom. The van der Waals surface area contributed by atoms with E-state index < -0.39 is 0 Å². The van der Waals surface area contributed by atoms with Crippen molar-refractivity contribution in [2.45, 2.75) is 13.8 Å². The second kappa shape index (κ2) is 8.65. The number of fused-ring (bicyclic) bond motifs is 1. The van der Waals surface area contributed by atoms with Crippen LogP contribution in [0.25, 0.3) is 16.7 Å². The van der Waals surface area contributed by atoms with Gasteiger partial charge in [0.05, 0.1) is 12.8 Å². The molecular weight excluding hydrogens is 416 g/mol. The van der Waals surface area contributed by atoms with Crippen LogP contribution in [0.5, 0.6) is 11.5 Å². The van der Waals surface area contributed by atoms with E-state index in [1.54, 1.807) is 24.0 Å². The van der Waals surface area contributed by atoms with Gasteiger partial charge in [-0.1, -0.05) is 11.6 Å². The molecule has 1 amide bonds. The van der Waals surface area contributed by atoms with E-state index in [0.29, 0.717) is 22.0 Å². The molecule has 0 aliphatic rings. The standard InChI is InChI=1S/C23H21ClN4O3/c1-14-10-19(11-15(2)23(14)24)31-13-22(29)25-16-4-9-20-21(12-16)27-28(26-20)17-5-7-18(30-3)8-6-17/h4-12H,13H2,1-3H3,(H,25,29). The molecule has 4 aromatic rings. The molecule has 1 heterocycles. The molecule has 0 unspecified atom stereocenters. The lowest BCUT2D eigenvalue weighted by Crippen LogP contribution is -2.20. The molecule has 0 fully saturated rings. The first-order chi connectivity index (χ1) is 14.9. The van der Waals surface area contributed by atoms with E-state index in [4.69, 9.17) is 21.1 Å². The highest BCUT2D eigenvalue weighted by atomic mass is 35.5. The number of amides is 1. The van der Waals surface area contributed by atoms with E-state index in [1.807, 2.05) is 56.3 Å². The third kappa shape index (κ3) is 4.62. The molecule has 0 saturated carbocycles. The number of carbonyl (C=O) groups is 1. The average molecular weight is 437 g/mol. The lowest BCUT2D eigenvalue weighted by Gasteiger charge is -2.10. The highest BCUT2D eigenvalue weighted by Crippen LogP contribution is 2.26. The van der Waals surface area contributed by atoms with Gasteiger partial charge in [0, 0.05) is 10.7 Å². The Labute approximate surface area is 184 Å². The van der Waals surface area contributed by atoms with Crippen molar-refractivity contribution in [3.05, 3.63) is 70.7 Å². The second-order valence-corrected chi connectivity index (χ2v) is 7.48. The van der Waals surface area contributed by atoms with Crippen molar-refractivity contribution in [3.63, 3.8) is 0 Å².